The number of rotatable bonds is 12. The van der Waals surface area contributed by atoms with E-state index in [-0.39, 0.29) is 30.8 Å². The second-order valence-corrected chi connectivity index (χ2v) is 13.2. The molecule has 0 aromatic heterocycles. The summed E-state index contributed by atoms with van der Waals surface area (Å²) in [5.41, 5.74) is -0.0439. The van der Waals surface area contributed by atoms with Gasteiger partial charge in [0.2, 0.25) is 11.8 Å². The van der Waals surface area contributed by atoms with Crippen molar-refractivity contribution < 1.29 is 24.2 Å². The molecule has 3 aromatic carbocycles. The Morgan fingerprint density at radius 1 is 0.979 bits per heavy atom. The van der Waals surface area contributed by atoms with Crippen LogP contribution in [0.5, 0.6) is 0 Å². The summed E-state index contributed by atoms with van der Waals surface area (Å²) in [5, 5.41) is 11.4. The van der Waals surface area contributed by atoms with Crippen LogP contribution in [0, 0.1) is 11.8 Å². The number of hydrogen-bond donors (Lipinski definition) is 1. The number of anilines is 1. The molecule has 3 aromatic rings. The molecule has 9 heteroatoms. The van der Waals surface area contributed by atoms with Crippen molar-refractivity contribution in [1.29, 1.82) is 0 Å². The number of halogens is 1. The highest BCUT2D eigenvalue weighted by Crippen LogP contribution is 2.64. The van der Waals surface area contributed by atoms with Crippen molar-refractivity contribution in [2.75, 3.05) is 24.6 Å². The van der Waals surface area contributed by atoms with E-state index >= 15 is 0 Å². The second-order valence-electron chi connectivity index (χ2n) is 12.8. The summed E-state index contributed by atoms with van der Waals surface area (Å²) < 4.78 is 6.92. The van der Waals surface area contributed by atoms with Crippen molar-refractivity contribution in [2.45, 2.75) is 49.6 Å². The molecule has 0 aliphatic carbocycles. The maximum absolute atomic E-state index is 15.0. The largest absolute Gasteiger partial charge is 0.394 e. The molecule has 6 atom stereocenters. The molecule has 3 aliphatic rings. The Bertz CT molecular complexity index is 1650. The lowest BCUT2D eigenvalue weighted by molar-refractivity contribution is -0.152. The van der Waals surface area contributed by atoms with Crippen molar-refractivity contribution in [3.63, 3.8) is 0 Å². The highest BCUT2D eigenvalue weighted by atomic mass is 35.5. The fourth-order valence-corrected chi connectivity index (χ4v) is 8.12. The molecule has 3 fully saturated rings. The molecular formula is C38H40ClN3O5. The first-order chi connectivity index (χ1) is 22.7. The summed E-state index contributed by atoms with van der Waals surface area (Å²) in [6.07, 6.45) is 4.21. The fraction of sp³-hybridized carbons (Fsp3) is 0.342. The summed E-state index contributed by atoms with van der Waals surface area (Å²) in [6, 6.07) is 23.8. The van der Waals surface area contributed by atoms with Crippen molar-refractivity contribution in [2.24, 2.45) is 11.8 Å². The Morgan fingerprint density at radius 2 is 1.62 bits per heavy atom. The number of benzene rings is 3. The highest BCUT2D eigenvalue weighted by molar-refractivity contribution is 6.30. The summed E-state index contributed by atoms with van der Waals surface area (Å²) in [6.45, 7) is 10.0. The van der Waals surface area contributed by atoms with Gasteiger partial charge in [-0.3, -0.25) is 14.4 Å². The van der Waals surface area contributed by atoms with Crippen LogP contribution in [-0.2, 0) is 25.7 Å². The van der Waals surface area contributed by atoms with E-state index in [9.17, 15) is 19.5 Å². The molecule has 3 aliphatic heterocycles. The van der Waals surface area contributed by atoms with Gasteiger partial charge in [0, 0.05) is 30.3 Å². The minimum absolute atomic E-state index is 0.165. The molecule has 244 valence electrons. The molecule has 3 saturated heterocycles. The fourth-order valence-electron chi connectivity index (χ4n) is 7.99. The molecule has 47 heavy (non-hydrogen) atoms. The topological polar surface area (TPSA) is 90.4 Å². The molecular weight excluding hydrogens is 614 g/mol. The first kappa shape index (κ1) is 32.7. The van der Waals surface area contributed by atoms with E-state index < -0.39 is 41.7 Å². The maximum atomic E-state index is 15.0. The number of aliphatic hydroxyl groups is 1. The van der Waals surface area contributed by atoms with Crippen molar-refractivity contribution >= 4 is 35.0 Å². The van der Waals surface area contributed by atoms with Gasteiger partial charge in [0.1, 0.15) is 11.6 Å². The Labute approximate surface area is 280 Å². The lowest BCUT2D eigenvalue weighted by Gasteiger charge is -2.39. The van der Waals surface area contributed by atoms with E-state index in [1.807, 2.05) is 67.6 Å². The van der Waals surface area contributed by atoms with Gasteiger partial charge in [-0.15, -0.1) is 13.2 Å². The number of aliphatic hydroxyl groups excluding tert-OH is 1. The molecule has 3 heterocycles. The Morgan fingerprint density at radius 3 is 2.23 bits per heavy atom. The van der Waals surface area contributed by atoms with Crippen LogP contribution in [0.2, 0.25) is 5.02 Å². The predicted molar refractivity (Wildman–Crippen MR) is 181 cm³/mol. The third-order valence-electron chi connectivity index (χ3n) is 10.0. The monoisotopic (exact) mass is 653 g/mol. The summed E-state index contributed by atoms with van der Waals surface area (Å²) in [7, 11) is 0. The van der Waals surface area contributed by atoms with Gasteiger partial charge in [0.15, 0.2) is 0 Å². The average molecular weight is 654 g/mol. The van der Waals surface area contributed by atoms with Crippen LogP contribution in [-0.4, -0.2) is 69.6 Å². The van der Waals surface area contributed by atoms with E-state index in [1.165, 1.54) is 4.90 Å². The quantitative estimate of drug-likeness (QED) is 0.258. The van der Waals surface area contributed by atoms with E-state index in [0.29, 0.717) is 35.7 Å². The Hall–Kier alpha value is -4.24. The summed E-state index contributed by atoms with van der Waals surface area (Å²) in [5.74, 6) is -2.74. The number of likely N-dealkylation sites (tertiary alicyclic amines) is 1. The molecule has 3 amide bonds. The van der Waals surface area contributed by atoms with Crippen molar-refractivity contribution in [1.82, 2.24) is 9.80 Å². The van der Waals surface area contributed by atoms with Gasteiger partial charge in [-0.25, -0.2) is 0 Å². The van der Waals surface area contributed by atoms with E-state index in [4.69, 9.17) is 16.3 Å². The van der Waals surface area contributed by atoms with Crippen LogP contribution in [0.1, 0.15) is 36.9 Å². The molecule has 1 spiro atoms. The zero-order valence-corrected chi connectivity index (χ0v) is 27.3. The number of ether oxygens (including phenoxy) is 1. The van der Waals surface area contributed by atoms with Crippen LogP contribution < -0.4 is 4.90 Å². The third-order valence-corrected chi connectivity index (χ3v) is 10.3. The number of carbonyl (C=O) groups excluding carboxylic acids is 3. The predicted octanol–water partition coefficient (Wildman–Crippen LogP) is 5.57. The van der Waals surface area contributed by atoms with Crippen molar-refractivity contribution in [3.8, 4) is 0 Å². The first-order valence-electron chi connectivity index (χ1n) is 16.0. The Balaban J connectivity index is 1.47. The van der Waals surface area contributed by atoms with Crippen LogP contribution in [0.3, 0.4) is 0 Å². The molecule has 6 rings (SSSR count). The summed E-state index contributed by atoms with van der Waals surface area (Å²) >= 11 is 6.19. The number of amides is 3. The molecule has 2 bridgehead atoms. The number of fused-ring (bicyclic) bond motifs is 1. The molecule has 0 saturated carbocycles. The highest BCUT2D eigenvalue weighted by Gasteiger charge is 2.79. The van der Waals surface area contributed by atoms with Crippen molar-refractivity contribution in [3.05, 3.63) is 126 Å². The zero-order chi connectivity index (χ0) is 33.3. The van der Waals surface area contributed by atoms with Gasteiger partial charge in [-0.1, -0.05) is 84.4 Å². The van der Waals surface area contributed by atoms with Crippen LogP contribution in [0.25, 0.3) is 0 Å². The van der Waals surface area contributed by atoms with E-state index in [0.717, 1.165) is 5.56 Å². The van der Waals surface area contributed by atoms with Crippen LogP contribution >= 0.6 is 11.6 Å². The number of nitrogens with zero attached hydrogens (tertiary/aromatic N) is 3. The second kappa shape index (κ2) is 13.1. The van der Waals surface area contributed by atoms with Gasteiger partial charge < -0.3 is 24.5 Å². The molecule has 8 nitrogen and oxygen atoms in total. The zero-order valence-electron chi connectivity index (χ0n) is 26.5. The van der Waals surface area contributed by atoms with Gasteiger partial charge >= 0.3 is 0 Å². The molecule has 2 unspecified atom stereocenters. The lowest BCUT2D eigenvalue weighted by atomic mass is 9.66. The minimum atomic E-state index is -1.29. The third kappa shape index (κ3) is 5.58. The number of carbonyl (C=O) groups is 3. The average Bonchev–Trinajstić information content (AvgIpc) is 3.65. The van der Waals surface area contributed by atoms with Gasteiger partial charge in [0.05, 0.1) is 30.1 Å². The van der Waals surface area contributed by atoms with Crippen LogP contribution in [0.15, 0.2) is 110 Å². The Kier molecular flexibility index (Phi) is 9.12. The molecule has 0 radical (unpaired) electrons. The van der Waals surface area contributed by atoms with E-state index in [2.05, 4.69) is 13.2 Å². The normalized spacial score (nSPS) is 26.5. The van der Waals surface area contributed by atoms with Gasteiger partial charge in [-0.2, -0.15) is 0 Å². The standard InChI is InChI=1S/C38H40ClN3O5/c1-4-22-40(24-26-12-8-6-9-13-26)34(44)31-32-35(45)42(30(25-43)27-14-10-7-11-15-27)33(38(32)21-20-37(31,3)47-38)36(46)41(23-5-2)29-18-16-28(39)17-19-29/h4-19,30-33,43H,1-2,20-25H2,3H3/t30-,31+,32+,33?,37-,38?/m1/s1. The smallest absolute Gasteiger partial charge is 0.253 e. The van der Waals surface area contributed by atoms with E-state index in [1.54, 1.807) is 46.2 Å². The molecule has 1 N–H and O–H groups in total. The number of hydrogen-bond acceptors (Lipinski definition) is 5. The first-order valence-corrected chi connectivity index (χ1v) is 16.4. The minimum Gasteiger partial charge on any atom is -0.394 e. The maximum Gasteiger partial charge on any atom is 0.253 e. The van der Waals surface area contributed by atoms with Gasteiger partial charge in [0.25, 0.3) is 5.91 Å². The SMILES string of the molecule is C=CCN(Cc1ccccc1)C(=O)[C@@H]1[C@H]2C(=O)N([C@H](CO)c3ccccc3)C(C(=O)N(CC=C)c3ccc(Cl)cc3)C23CC[C@@]1(C)O3. The lowest BCUT2D eigenvalue weighted by Crippen LogP contribution is -2.57. The summed E-state index contributed by atoms with van der Waals surface area (Å²) in [4.78, 5) is 49.4. The van der Waals surface area contributed by atoms with Gasteiger partial charge in [-0.05, 0) is 55.2 Å². The van der Waals surface area contributed by atoms with Crippen LogP contribution in [0.4, 0.5) is 5.69 Å².